The van der Waals surface area contributed by atoms with E-state index in [1.807, 2.05) is 0 Å². The highest BCUT2D eigenvalue weighted by molar-refractivity contribution is 6.34. The van der Waals surface area contributed by atoms with Crippen LogP contribution in [-0.4, -0.2) is 24.2 Å². The summed E-state index contributed by atoms with van der Waals surface area (Å²) >= 11 is 11.8. The number of ether oxygens (including phenoxy) is 1. The largest absolute Gasteiger partial charge is 0.495 e. The van der Waals surface area contributed by atoms with Crippen LogP contribution in [0.2, 0.25) is 10.0 Å². The predicted octanol–water partition coefficient (Wildman–Crippen LogP) is 1.96. The summed E-state index contributed by atoms with van der Waals surface area (Å²) in [5, 5.41) is 9.44. The number of carboxylic acids is 1. The molecule has 16 heavy (non-hydrogen) atoms. The second kappa shape index (κ2) is 5.39. The topological polar surface area (TPSA) is 72.5 Å². The molecule has 1 atom stereocenters. The Balaban J connectivity index is 2.98. The first-order chi connectivity index (χ1) is 7.45. The van der Waals surface area contributed by atoms with E-state index in [2.05, 4.69) is 0 Å². The molecule has 0 spiro atoms. The monoisotopic (exact) mass is 263 g/mol. The molecule has 0 fully saturated rings. The number of methoxy groups -OCH3 is 1. The zero-order valence-electron chi connectivity index (χ0n) is 8.54. The Labute approximate surface area is 103 Å². The van der Waals surface area contributed by atoms with Gasteiger partial charge in [0.2, 0.25) is 0 Å². The second-order valence-electron chi connectivity index (χ2n) is 3.23. The number of hydrogen-bond donors (Lipinski definition) is 2. The Morgan fingerprint density at radius 2 is 2.12 bits per heavy atom. The minimum absolute atomic E-state index is 0.123. The third-order valence-corrected chi connectivity index (χ3v) is 2.73. The van der Waals surface area contributed by atoms with Crippen molar-refractivity contribution in [1.82, 2.24) is 0 Å². The van der Waals surface area contributed by atoms with Gasteiger partial charge < -0.3 is 15.6 Å². The highest BCUT2D eigenvalue weighted by Crippen LogP contribution is 2.31. The van der Waals surface area contributed by atoms with Crippen LogP contribution in [-0.2, 0) is 11.2 Å². The lowest BCUT2D eigenvalue weighted by atomic mass is 10.1. The number of halogens is 2. The molecule has 0 amide bonds. The Morgan fingerprint density at radius 3 is 2.62 bits per heavy atom. The van der Waals surface area contributed by atoms with Gasteiger partial charge in [-0.3, -0.25) is 4.79 Å². The molecule has 0 aromatic heterocycles. The lowest BCUT2D eigenvalue weighted by molar-refractivity contribution is -0.138. The van der Waals surface area contributed by atoms with Crippen molar-refractivity contribution >= 4 is 29.2 Å². The van der Waals surface area contributed by atoms with Crippen LogP contribution in [0.25, 0.3) is 0 Å². The van der Waals surface area contributed by atoms with E-state index in [-0.39, 0.29) is 6.42 Å². The van der Waals surface area contributed by atoms with E-state index >= 15 is 0 Å². The summed E-state index contributed by atoms with van der Waals surface area (Å²) in [6.45, 7) is 0. The molecular formula is C10H11Cl2NO3. The molecule has 1 unspecified atom stereocenters. The van der Waals surface area contributed by atoms with Gasteiger partial charge in [-0.05, 0) is 18.1 Å². The van der Waals surface area contributed by atoms with Gasteiger partial charge in [-0.2, -0.15) is 0 Å². The fourth-order valence-electron chi connectivity index (χ4n) is 1.21. The van der Waals surface area contributed by atoms with Crippen molar-refractivity contribution in [2.45, 2.75) is 12.5 Å². The standard InChI is InChI=1S/C10H11Cl2NO3/c1-16-9-4-6(11)5(2-7(9)12)3-8(13)10(14)15/h2,4,8H,3,13H2,1H3,(H,14,15). The molecule has 0 aliphatic carbocycles. The second-order valence-corrected chi connectivity index (χ2v) is 4.04. The molecule has 0 aliphatic rings. The van der Waals surface area contributed by atoms with Crippen molar-refractivity contribution in [2.24, 2.45) is 5.73 Å². The van der Waals surface area contributed by atoms with Gasteiger partial charge in [-0.25, -0.2) is 0 Å². The summed E-state index contributed by atoms with van der Waals surface area (Å²) in [4.78, 5) is 10.6. The summed E-state index contributed by atoms with van der Waals surface area (Å²) in [6, 6.07) is 2.10. The Hall–Kier alpha value is -0.970. The van der Waals surface area contributed by atoms with E-state index in [0.717, 1.165) is 0 Å². The first-order valence-corrected chi connectivity index (χ1v) is 5.21. The summed E-state index contributed by atoms with van der Waals surface area (Å²) in [5.74, 6) is -0.637. The van der Waals surface area contributed by atoms with Crippen molar-refractivity contribution in [1.29, 1.82) is 0 Å². The lowest BCUT2D eigenvalue weighted by Gasteiger charge is -2.11. The van der Waals surface area contributed by atoms with Gasteiger partial charge in [-0.1, -0.05) is 23.2 Å². The van der Waals surface area contributed by atoms with Crippen LogP contribution in [0.4, 0.5) is 0 Å². The van der Waals surface area contributed by atoms with Crippen LogP contribution < -0.4 is 10.5 Å². The lowest BCUT2D eigenvalue weighted by Crippen LogP contribution is -2.32. The number of aliphatic carboxylic acids is 1. The summed E-state index contributed by atoms with van der Waals surface area (Å²) < 4.78 is 4.97. The van der Waals surface area contributed by atoms with Crippen molar-refractivity contribution in [3.63, 3.8) is 0 Å². The van der Waals surface area contributed by atoms with Gasteiger partial charge in [-0.15, -0.1) is 0 Å². The molecule has 6 heteroatoms. The minimum atomic E-state index is -1.08. The molecular weight excluding hydrogens is 253 g/mol. The van der Waals surface area contributed by atoms with Crippen LogP contribution in [0.15, 0.2) is 12.1 Å². The van der Waals surface area contributed by atoms with Crippen LogP contribution in [0.5, 0.6) is 5.75 Å². The number of benzene rings is 1. The fourth-order valence-corrected chi connectivity index (χ4v) is 1.70. The van der Waals surface area contributed by atoms with E-state index in [0.29, 0.717) is 21.4 Å². The average molecular weight is 264 g/mol. The van der Waals surface area contributed by atoms with Crippen molar-refractivity contribution < 1.29 is 14.6 Å². The predicted molar refractivity (Wildman–Crippen MR) is 62.3 cm³/mol. The highest BCUT2D eigenvalue weighted by atomic mass is 35.5. The van der Waals surface area contributed by atoms with Crippen LogP contribution in [0.3, 0.4) is 0 Å². The number of carboxylic acid groups (broad SMARTS) is 1. The molecule has 0 radical (unpaired) electrons. The normalized spacial score (nSPS) is 12.2. The van der Waals surface area contributed by atoms with Crippen LogP contribution in [0.1, 0.15) is 5.56 Å². The zero-order chi connectivity index (χ0) is 12.3. The van der Waals surface area contributed by atoms with E-state index in [4.69, 9.17) is 38.8 Å². The third kappa shape index (κ3) is 3.01. The minimum Gasteiger partial charge on any atom is -0.495 e. The van der Waals surface area contributed by atoms with E-state index in [9.17, 15) is 4.79 Å². The van der Waals surface area contributed by atoms with Gasteiger partial charge >= 0.3 is 5.97 Å². The van der Waals surface area contributed by atoms with Gasteiger partial charge in [0.15, 0.2) is 0 Å². The Bertz CT molecular complexity index is 409. The molecule has 0 heterocycles. The SMILES string of the molecule is COc1cc(Cl)c(CC(N)C(=O)O)cc1Cl. The van der Waals surface area contributed by atoms with Crippen LogP contribution in [0, 0.1) is 0 Å². The van der Waals surface area contributed by atoms with E-state index < -0.39 is 12.0 Å². The molecule has 0 saturated heterocycles. The maximum Gasteiger partial charge on any atom is 0.320 e. The van der Waals surface area contributed by atoms with Gasteiger partial charge in [0.05, 0.1) is 12.1 Å². The number of carbonyl (C=O) groups is 1. The van der Waals surface area contributed by atoms with Crippen LogP contribution >= 0.6 is 23.2 Å². The molecule has 88 valence electrons. The molecule has 1 aromatic carbocycles. The third-order valence-electron chi connectivity index (χ3n) is 2.08. The molecule has 1 rings (SSSR count). The summed E-state index contributed by atoms with van der Waals surface area (Å²) in [7, 11) is 1.47. The maximum absolute atomic E-state index is 10.6. The Kier molecular flexibility index (Phi) is 4.41. The van der Waals surface area contributed by atoms with Crippen molar-refractivity contribution in [3.8, 4) is 5.75 Å². The van der Waals surface area contributed by atoms with Crippen molar-refractivity contribution in [3.05, 3.63) is 27.7 Å². The zero-order valence-corrected chi connectivity index (χ0v) is 10.0. The Morgan fingerprint density at radius 1 is 1.50 bits per heavy atom. The van der Waals surface area contributed by atoms with E-state index in [1.165, 1.54) is 13.2 Å². The highest BCUT2D eigenvalue weighted by Gasteiger charge is 2.15. The summed E-state index contributed by atoms with van der Waals surface area (Å²) in [6.07, 6.45) is 0.123. The van der Waals surface area contributed by atoms with E-state index in [1.54, 1.807) is 6.07 Å². The fraction of sp³-hybridized carbons (Fsp3) is 0.300. The molecule has 0 saturated carbocycles. The van der Waals surface area contributed by atoms with Crippen molar-refractivity contribution in [2.75, 3.05) is 7.11 Å². The summed E-state index contributed by atoms with van der Waals surface area (Å²) in [5.41, 5.74) is 5.99. The number of nitrogens with two attached hydrogens (primary N) is 1. The first-order valence-electron chi connectivity index (χ1n) is 4.46. The van der Waals surface area contributed by atoms with Gasteiger partial charge in [0, 0.05) is 11.1 Å². The molecule has 4 nitrogen and oxygen atoms in total. The molecule has 0 bridgehead atoms. The maximum atomic E-state index is 10.6. The first kappa shape index (κ1) is 13.1. The smallest absolute Gasteiger partial charge is 0.320 e. The molecule has 0 aliphatic heterocycles. The average Bonchev–Trinajstić information content (AvgIpc) is 2.22. The van der Waals surface area contributed by atoms with Gasteiger partial charge in [0.1, 0.15) is 11.8 Å². The number of rotatable bonds is 4. The quantitative estimate of drug-likeness (QED) is 0.871. The molecule has 1 aromatic rings. The molecule has 3 N–H and O–H groups in total. The van der Waals surface area contributed by atoms with Gasteiger partial charge in [0.25, 0.3) is 0 Å². The number of hydrogen-bond acceptors (Lipinski definition) is 3.